The van der Waals surface area contributed by atoms with E-state index < -0.39 is 11.8 Å². The Kier molecular flexibility index (Phi) is 10.6. The summed E-state index contributed by atoms with van der Waals surface area (Å²) >= 11 is 0. The fourth-order valence-electron chi connectivity index (χ4n) is 4.67. The summed E-state index contributed by atoms with van der Waals surface area (Å²) in [4.78, 5) is 39.8. The van der Waals surface area contributed by atoms with Crippen LogP contribution >= 0.6 is 0 Å². The van der Waals surface area contributed by atoms with Crippen molar-refractivity contribution >= 4 is 31.6 Å². The molecule has 1 fully saturated rings. The smallest absolute Gasteiger partial charge is 0.235 e. The Morgan fingerprint density at radius 1 is 1.24 bits per heavy atom. The van der Waals surface area contributed by atoms with E-state index in [2.05, 4.69) is 15.5 Å². The number of hydrogen-bond donors (Lipinski definition) is 2. The molecule has 0 bridgehead atoms. The third-order valence-electron chi connectivity index (χ3n) is 6.86. The summed E-state index contributed by atoms with van der Waals surface area (Å²) in [6.07, 6.45) is 1.28. The van der Waals surface area contributed by atoms with Crippen LogP contribution in [-0.2, 0) is 34.0 Å². The molecule has 1 saturated heterocycles. The molecule has 38 heavy (non-hydrogen) atoms. The second-order valence-corrected chi connectivity index (χ2v) is 10.1. The number of nitrogens with one attached hydrogen (secondary N) is 2. The van der Waals surface area contributed by atoms with Crippen LogP contribution in [0.5, 0.6) is 0 Å². The van der Waals surface area contributed by atoms with Crippen molar-refractivity contribution in [3.05, 3.63) is 64.5 Å². The maximum Gasteiger partial charge on any atom is 0.235 e. The van der Waals surface area contributed by atoms with Crippen molar-refractivity contribution in [2.45, 2.75) is 65.0 Å². The van der Waals surface area contributed by atoms with E-state index >= 15 is 4.39 Å². The van der Waals surface area contributed by atoms with E-state index in [-0.39, 0.29) is 43.4 Å². The van der Waals surface area contributed by atoms with Crippen LogP contribution in [0.15, 0.2) is 36.4 Å². The predicted molar refractivity (Wildman–Crippen MR) is 148 cm³/mol. The average Bonchev–Trinajstić information content (AvgIpc) is 2.87. The second-order valence-electron chi connectivity index (χ2n) is 10.1. The summed E-state index contributed by atoms with van der Waals surface area (Å²) in [5, 5.41) is 5.64. The third-order valence-corrected chi connectivity index (χ3v) is 6.86. The molecule has 0 aliphatic carbocycles. The first-order valence-electron chi connectivity index (χ1n) is 13.1. The highest BCUT2D eigenvalue weighted by atomic mass is 19.1. The molecule has 2 N–H and O–H groups in total. The van der Waals surface area contributed by atoms with Crippen molar-refractivity contribution in [3.63, 3.8) is 0 Å². The van der Waals surface area contributed by atoms with E-state index in [1.54, 1.807) is 51.0 Å². The summed E-state index contributed by atoms with van der Waals surface area (Å²) in [7, 11) is 3.45. The van der Waals surface area contributed by atoms with Gasteiger partial charge in [0.2, 0.25) is 11.8 Å². The topological polar surface area (TPSA) is 91.0 Å². The number of carbonyl (C=O) groups excluding carboxylic acids is 3. The number of aldehydes is 1. The molecular formula is C28H38BFN4O4. The number of nitrogens with zero attached hydrogens (tertiary/aromatic N) is 2. The lowest BCUT2D eigenvalue weighted by Gasteiger charge is -2.35. The van der Waals surface area contributed by atoms with Crippen LogP contribution in [0.3, 0.4) is 0 Å². The zero-order valence-corrected chi connectivity index (χ0v) is 22.9. The van der Waals surface area contributed by atoms with E-state index in [9.17, 15) is 14.4 Å². The van der Waals surface area contributed by atoms with Gasteiger partial charge in [-0.25, -0.2) is 4.39 Å². The average molecular weight is 524 g/mol. The molecule has 3 unspecified atom stereocenters. The van der Waals surface area contributed by atoms with E-state index in [1.807, 2.05) is 26.0 Å². The highest BCUT2D eigenvalue weighted by molar-refractivity contribution is 6.25. The number of morpholine rings is 1. The first-order valence-corrected chi connectivity index (χ1v) is 13.1. The number of benzene rings is 2. The van der Waals surface area contributed by atoms with Gasteiger partial charge in [0.05, 0.1) is 18.1 Å². The Morgan fingerprint density at radius 3 is 2.58 bits per heavy atom. The summed E-state index contributed by atoms with van der Waals surface area (Å²) in [6, 6.07) is 10.6. The minimum absolute atomic E-state index is 0.152. The Morgan fingerprint density at radius 2 is 1.95 bits per heavy atom. The molecule has 0 aromatic heterocycles. The molecule has 0 saturated carbocycles. The highest BCUT2D eigenvalue weighted by Gasteiger charge is 2.23. The van der Waals surface area contributed by atoms with Crippen LogP contribution in [0, 0.1) is 5.82 Å². The van der Waals surface area contributed by atoms with Gasteiger partial charge >= 0.3 is 0 Å². The lowest BCUT2D eigenvalue weighted by molar-refractivity contribution is -0.131. The normalized spacial score (nSPS) is 18.7. The van der Waals surface area contributed by atoms with Crippen LogP contribution in [-0.4, -0.2) is 74.0 Å². The summed E-state index contributed by atoms with van der Waals surface area (Å²) in [5.41, 5.74) is 3.27. The van der Waals surface area contributed by atoms with Crippen LogP contribution < -0.4 is 10.6 Å². The largest absolute Gasteiger partial charge is 0.381 e. The lowest BCUT2D eigenvalue weighted by Crippen LogP contribution is -2.47. The Balaban J connectivity index is 1.68. The van der Waals surface area contributed by atoms with Crippen molar-refractivity contribution in [3.8, 4) is 0 Å². The van der Waals surface area contributed by atoms with Gasteiger partial charge in [-0.15, -0.1) is 0 Å². The SMILES string of the molecule is BC(C(=O)NC(=O)CC)N(C)Cc1c(C=O)cccc1NCc1ccc(CN2CC(C)OC(C)C2)cc1F. The van der Waals surface area contributed by atoms with Crippen LogP contribution in [0.2, 0.25) is 0 Å². The number of ether oxygens (including phenoxy) is 1. The van der Waals surface area contributed by atoms with Gasteiger partial charge in [-0.2, -0.15) is 0 Å². The zero-order valence-electron chi connectivity index (χ0n) is 22.9. The van der Waals surface area contributed by atoms with Crippen LogP contribution in [0.4, 0.5) is 10.1 Å². The number of carbonyl (C=O) groups is 3. The van der Waals surface area contributed by atoms with Gasteiger partial charge in [0.15, 0.2) is 0 Å². The summed E-state index contributed by atoms with van der Waals surface area (Å²) in [5.74, 6) is -1.63. The molecule has 204 valence electrons. The molecule has 0 radical (unpaired) electrons. The van der Waals surface area contributed by atoms with Gasteiger partial charge in [0.1, 0.15) is 19.9 Å². The molecule has 1 heterocycles. The summed E-state index contributed by atoms with van der Waals surface area (Å²) < 4.78 is 20.8. The quantitative estimate of drug-likeness (QED) is 0.345. The zero-order chi connectivity index (χ0) is 27.8. The van der Waals surface area contributed by atoms with E-state index in [1.165, 1.54) is 0 Å². The molecule has 3 atom stereocenters. The van der Waals surface area contributed by atoms with Crippen molar-refractivity contribution in [2.24, 2.45) is 0 Å². The van der Waals surface area contributed by atoms with Crippen molar-refractivity contribution < 1.29 is 23.5 Å². The minimum atomic E-state index is -0.597. The monoisotopic (exact) mass is 524 g/mol. The fraction of sp³-hybridized carbons (Fsp3) is 0.464. The second kappa shape index (κ2) is 13.6. The van der Waals surface area contributed by atoms with E-state index in [0.29, 0.717) is 28.9 Å². The molecule has 2 aromatic rings. The molecule has 8 nitrogen and oxygen atoms in total. The molecule has 0 spiro atoms. The van der Waals surface area contributed by atoms with E-state index in [4.69, 9.17) is 4.74 Å². The Labute approximate surface area is 225 Å². The Hall–Kier alpha value is -3.08. The number of rotatable bonds is 11. The molecule has 1 aliphatic rings. The maximum atomic E-state index is 15.0. The standard InChI is InChI=1S/C28H38BFN4O4/c1-5-26(36)32-28(37)27(29)33(4)16-23-22(17-35)7-6-8-25(23)31-12-21-10-9-20(11-24(21)30)15-34-13-18(2)38-19(3)14-34/h6-11,17-19,27,31H,5,12-16,29H2,1-4H3,(H,32,36,37). The van der Waals surface area contributed by atoms with Crippen molar-refractivity contribution in [1.29, 1.82) is 0 Å². The molecule has 1 aliphatic heterocycles. The first kappa shape index (κ1) is 29.5. The van der Waals surface area contributed by atoms with Gasteiger partial charge < -0.3 is 10.1 Å². The molecule has 2 aromatic carbocycles. The number of amides is 2. The third kappa shape index (κ3) is 7.96. The molecule has 3 rings (SSSR count). The summed E-state index contributed by atoms with van der Waals surface area (Å²) in [6.45, 7) is 8.58. The van der Waals surface area contributed by atoms with Gasteiger partial charge in [0, 0.05) is 56.0 Å². The molecular weight excluding hydrogens is 486 g/mol. The van der Waals surface area contributed by atoms with Crippen LogP contribution in [0.25, 0.3) is 0 Å². The maximum absolute atomic E-state index is 15.0. The number of imide groups is 1. The Bertz CT molecular complexity index is 1140. The molecule has 10 heteroatoms. The predicted octanol–water partition coefficient (Wildman–Crippen LogP) is 2.30. The van der Waals surface area contributed by atoms with E-state index in [0.717, 1.165) is 24.9 Å². The van der Waals surface area contributed by atoms with Gasteiger partial charge in [-0.1, -0.05) is 31.2 Å². The van der Waals surface area contributed by atoms with Gasteiger partial charge in [-0.3, -0.25) is 29.5 Å². The molecule has 2 amide bonds. The first-order chi connectivity index (χ1) is 18.1. The number of likely N-dealkylation sites (N-methyl/N-ethyl adjacent to an activating group) is 1. The lowest BCUT2D eigenvalue weighted by atomic mass is 9.93. The minimum Gasteiger partial charge on any atom is -0.381 e. The number of hydrogen-bond acceptors (Lipinski definition) is 7. The fourth-order valence-corrected chi connectivity index (χ4v) is 4.67. The van der Waals surface area contributed by atoms with Gasteiger partial charge in [0.25, 0.3) is 0 Å². The van der Waals surface area contributed by atoms with Gasteiger partial charge in [-0.05, 0) is 44.2 Å². The number of halogens is 1. The highest BCUT2D eigenvalue weighted by Crippen LogP contribution is 2.23. The van der Waals surface area contributed by atoms with Crippen molar-refractivity contribution in [1.82, 2.24) is 15.1 Å². The van der Waals surface area contributed by atoms with Crippen LogP contribution in [0.1, 0.15) is 54.2 Å². The number of anilines is 1. The van der Waals surface area contributed by atoms with Crippen molar-refractivity contribution in [2.75, 3.05) is 25.5 Å².